The Hall–Kier alpha value is -4.94. The molecular weight excluding hydrogens is 684 g/mol. The average Bonchev–Trinajstić information content (AvgIpc) is 3.56. The molecule has 0 spiro atoms. The summed E-state index contributed by atoms with van der Waals surface area (Å²) in [5.41, 5.74) is -7.57. The van der Waals surface area contributed by atoms with Gasteiger partial charge in [-0.05, 0) is 83.2 Å². The number of carbonyl (C=O) groups is 4. The number of nitrogens with zero attached hydrogens (tertiary/aromatic N) is 1. The maximum Gasteiger partial charge on any atom is 0.351 e. The second-order valence-corrected chi connectivity index (χ2v) is 17.2. The lowest BCUT2D eigenvalue weighted by atomic mass is 9.66. The fourth-order valence-electron chi connectivity index (χ4n) is 9.36. The molecule has 0 unspecified atom stereocenters. The molecule has 13 nitrogen and oxygen atoms in total. The highest BCUT2D eigenvalue weighted by Crippen LogP contribution is 2.67. The van der Waals surface area contributed by atoms with Crippen molar-refractivity contribution in [3.05, 3.63) is 64.1 Å². The number of fused-ring (bicyclic) bond motifs is 7. The average molecular weight is 729 g/mol. The lowest BCUT2D eigenvalue weighted by Gasteiger charge is -2.45. The van der Waals surface area contributed by atoms with Gasteiger partial charge in [-0.3, -0.25) is 19.4 Å². The number of aromatic nitrogens is 1. The topological polar surface area (TPSA) is 170 Å². The zero-order chi connectivity index (χ0) is 38.1. The summed E-state index contributed by atoms with van der Waals surface area (Å²) >= 11 is 0. The first-order chi connectivity index (χ1) is 24.7. The lowest BCUT2D eigenvalue weighted by molar-refractivity contribution is -0.217. The molecule has 0 amide bonds. The Morgan fingerprint density at radius 1 is 0.774 bits per heavy atom. The van der Waals surface area contributed by atoms with Crippen molar-refractivity contribution in [1.82, 2.24) is 4.98 Å². The van der Waals surface area contributed by atoms with Gasteiger partial charge in [0.25, 0.3) is 0 Å². The molecular formula is C40H44N2O11. The standard InChI is InChI=1S/C40H44N2O11/c1-34(2)29(50-33(47)40-16-14-38(8,31(45)53-40)36(40,5)6)28(49-32(46)39-15-13-37(7,30(44)52-39)35(39,3)4)26-24(51-34)10-9-22-23(43)19-25(48-27(22)26)42-20-21-11-17-41-18-12-21/h9-12,17-19,28-29,42H,13-16,20H2,1-8H3/t28-,29-,37+,38+,39-,40-/m1/s1. The molecule has 2 aliphatic carbocycles. The van der Waals surface area contributed by atoms with Crippen molar-refractivity contribution in [2.75, 3.05) is 5.32 Å². The third-order valence-corrected chi connectivity index (χ3v) is 14.0. The third kappa shape index (κ3) is 4.36. The number of anilines is 1. The van der Waals surface area contributed by atoms with Gasteiger partial charge < -0.3 is 33.4 Å². The van der Waals surface area contributed by atoms with Crippen LogP contribution in [0.4, 0.5) is 5.88 Å². The van der Waals surface area contributed by atoms with E-state index < -0.39 is 74.5 Å². The maximum atomic E-state index is 14.7. The molecule has 5 heterocycles. The van der Waals surface area contributed by atoms with Gasteiger partial charge in [0.15, 0.2) is 29.1 Å². The molecule has 0 radical (unpaired) electrons. The molecule has 8 rings (SSSR count). The van der Waals surface area contributed by atoms with E-state index in [1.54, 1.807) is 52.2 Å². The normalized spacial score (nSPS) is 33.8. The Labute approximate surface area is 306 Å². The second-order valence-electron chi connectivity index (χ2n) is 17.2. The van der Waals surface area contributed by atoms with Crippen LogP contribution in [-0.4, -0.2) is 51.8 Å². The minimum Gasteiger partial charge on any atom is -0.483 e. The number of ether oxygens (including phenoxy) is 5. The molecule has 4 fully saturated rings. The smallest absolute Gasteiger partial charge is 0.351 e. The van der Waals surface area contributed by atoms with Crippen LogP contribution in [0.2, 0.25) is 0 Å². The summed E-state index contributed by atoms with van der Waals surface area (Å²) in [6.45, 7) is 14.5. The summed E-state index contributed by atoms with van der Waals surface area (Å²) in [7, 11) is 0. The van der Waals surface area contributed by atoms with Crippen molar-refractivity contribution in [3.8, 4) is 5.75 Å². The summed E-state index contributed by atoms with van der Waals surface area (Å²) in [5.74, 6) is -2.22. The third-order valence-electron chi connectivity index (χ3n) is 14.0. The van der Waals surface area contributed by atoms with E-state index in [1.807, 2.05) is 39.8 Å². The number of hydrogen-bond donors (Lipinski definition) is 1. The zero-order valence-electron chi connectivity index (χ0n) is 31.2. The lowest BCUT2D eigenvalue weighted by Crippen LogP contribution is -2.57. The van der Waals surface area contributed by atoms with Crippen LogP contribution in [0.15, 0.2) is 51.9 Å². The van der Waals surface area contributed by atoms with E-state index in [1.165, 1.54) is 6.07 Å². The first kappa shape index (κ1) is 35.1. The molecule has 2 saturated carbocycles. The van der Waals surface area contributed by atoms with E-state index in [-0.39, 0.29) is 46.4 Å². The predicted octanol–water partition coefficient (Wildman–Crippen LogP) is 5.71. The molecule has 2 aromatic heterocycles. The van der Waals surface area contributed by atoms with E-state index >= 15 is 0 Å². The monoisotopic (exact) mass is 728 g/mol. The van der Waals surface area contributed by atoms with Crippen LogP contribution < -0.4 is 15.5 Å². The van der Waals surface area contributed by atoms with E-state index in [0.717, 1.165) is 5.56 Å². The number of rotatable bonds is 7. The summed E-state index contributed by atoms with van der Waals surface area (Å²) in [6, 6.07) is 8.12. The SMILES string of the molecule is CC1(C)Oc2ccc3c(=O)cc(NCc4ccncc4)oc3c2[C@@H](OC(=O)[C@@]23CC[C@@](C)(C(=O)O2)C3(C)C)[C@H]1OC(=O)[C@@]12CC[C@@](C)(C(=O)O1)C2(C)C. The van der Waals surface area contributed by atoms with Crippen molar-refractivity contribution in [1.29, 1.82) is 0 Å². The van der Waals surface area contributed by atoms with Crippen molar-refractivity contribution < 1.29 is 47.3 Å². The fourth-order valence-corrected chi connectivity index (χ4v) is 9.36. The highest BCUT2D eigenvalue weighted by molar-refractivity contribution is 5.95. The maximum absolute atomic E-state index is 14.7. The van der Waals surface area contributed by atoms with Gasteiger partial charge >= 0.3 is 23.9 Å². The van der Waals surface area contributed by atoms with Crippen molar-refractivity contribution >= 4 is 40.7 Å². The predicted molar refractivity (Wildman–Crippen MR) is 187 cm³/mol. The van der Waals surface area contributed by atoms with Crippen molar-refractivity contribution in [3.63, 3.8) is 0 Å². The molecule has 3 aromatic rings. The van der Waals surface area contributed by atoms with Crippen LogP contribution in [0.3, 0.4) is 0 Å². The van der Waals surface area contributed by atoms with E-state index in [9.17, 15) is 24.0 Å². The Morgan fingerprint density at radius 3 is 1.87 bits per heavy atom. The Morgan fingerprint density at radius 2 is 1.34 bits per heavy atom. The second kappa shape index (κ2) is 10.8. The van der Waals surface area contributed by atoms with Gasteiger partial charge in [-0.25, -0.2) is 9.59 Å². The summed E-state index contributed by atoms with van der Waals surface area (Å²) in [6.07, 6.45) is 1.83. The molecule has 2 saturated heterocycles. The minimum atomic E-state index is -1.63. The zero-order valence-corrected chi connectivity index (χ0v) is 31.2. The van der Waals surface area contributed by atoms with Gasteiger partial charge in [-0.15, -0.1) is 0 Å². The quantitative estimate of drug-likeness (QED) is 0.232. The number of esters is 4. The Balaban J connectivity index is 1.25. The Kier molecular flexibility index (Phi) is 7.17. The van der Waals surface area contributed by atoms with Crippen LogP contribution in [-0.2, 0) is 44.7 Å². The highest BCUT2D eigenvalue weighted by Gasteiger charge is 2.78. The van der Waals surface area contributed by atoms with Crippen LogP contribution in [0.1, 0.15) is 98.3 Å². The van der Waals surface area contributed by atoms with Crippen LogP contribution in [0.5, 0.6) is 5.75 Å². The van der Waals surface area contributed by atoms with Gasteiger partial charge in [0.2, 0.25) is 11.2 Å². The molecule has 1 aromatic carbocycles. The number of hydrogen-bond acceptors (Lipinski definition) is 13. The van der Waals surface area contributed by atoms with Crippen LogP contribution in [0.25, 0.3) is 11.0 Å². The van der Waals surface area contributed by atoms with Gasteiger partial charge in [0, 0.05) is 35.8 Å². The minimum absolute atomic E-state index is 0.0530. The van der Waals surface area contributed by atoms with Gasteiger partial charge in [0.05, 0.1) is 21.8 Å². The number of benzene rings is 1. The molecule has 4 bridgehead atoms. The number of carbonyl (C=O) groups excluding carboxylic acids is 4. The van der Waals surface area contributed by atoms with Crippen molar-refractivity contribution in [2.24, 2.45) is 21.7 Å². The largest absolute Gasteiger partial charge is 0.483 e. The first-order valence-corrected chi connectivity index (χ1v) is 18.1. The van der Waals surface area contributed by atoms with Crippen molar-refractivity contribution in [2.45, 2.75) is 117 Å². The molecule has 280 valence electrons. The number of nitrogens with one attached hydrogen (secondary N) is 1. The number of pyridine rings is 1. The van der Waals surface area contributed by atoms with Crippen LogP contribution >= 0.6 is 0 Å². The highest BCUT2D eigenvalue weighted by atomic mass is 16.7. The molecule has 6 atom stereocenters. The van der Waals surface area contributed by atoms with E-state index in [2.05, 4.69) is 10.3 Å². The molecule has 53 heavy (non-hydrogen) atoms. The van der Waals surface area contributed by atoms with Gasteiger partial charge in [-0.1, -0.05) is 27.7 Å². The fraction of sp³-hybridized carbons (Fsp3) is 0.550. The van der Waals surface area contributed by atoms with E-state index in [0.29, 0.717) is 19.4 Å². The first-order valence-electron chi connectivity index (χ1n) is 18.1. The molecule has 1 N–H and O–H groups in total. The summed E-state index contributed by atoms with van der Waals surface area (Å²) in [5, 5.41) is 3.31. The summed E-state index contributed by atoms with van der Waals surface area (Å²) < 4.78 is 37.5. The summed E-state index contributed by atoms with van der Waals surface area (Å²) in [4.78, 5) is 73.2. The van der Waals surface area contributed by atoms with E-state index in [4.69, 9.17) is 28.1 Å². The Bertz CT molecular complexity index is 2180. The van der Waals surface area contributed by atoms with Crippen LogP contribution in [0, 0.1) is 21.7 Å². The van der Waals surface area contributed by atoms with Gasteiger partial charge in [0.1, 0.15) is 11.4 Å². The molecule has 3 aliphatic heterocycles. The molecule has 5 aliphatic rings. The molecule has 13 heteroatoms. The van der Waals surface area contributed by atoms with Gasteiger partial charge in [-0.2, -0.15) is 0 Å².